The first-order valence-corrected chi connectivity index (χ1v) is 8.24. The maximum absolute atomic E-state index is 12.8. The van der Waals surface area contributed by atoms with Crippen molar-refractivity contribution in [1.82, 2.24) is 0 Å². The molecule has 5 nitrogen and oxygen atoms in total. The second kappa shape index (κ2) is 7.55. The summed E-state index contributed by atoms with van der Waals surface area (Å²) in [5.74, 6) is 1.10. The van der Waals surface area contributed by atoms with E-state index in [-0.39, 0.29) is 18.2 Å². The van der Waals surface area contributed by atoms with Gasteiger partial charge in [0.2, 0.25) is 0 Å². The van der Waals surface area contributed by atoms with Crippen molar-refractivity contribution in [3.8, 4) is 11.5 Å². The zero-order valence-electron chi connectivity index (χ0n) is 13.0. The number of fused-ring (bicyclic) bond motifs is 1. The molecule has 126 valence electrons. The van der Waals surface area contributed by atoms with Crippen LogP contribution in [0.5, 0.6) is 11.5 Å². The van der Waals surface area contributed by atoms with Gasteiger partial charge >= 0.3 is 0 Å². The topological polar surface area (TPSA) is 67.8 Å². The zero-order valence-corrected chi connectivity index (χ0v) is 13.8. The van der Waals surface area contributed by atoms with E-state index < -0.39 is 6.10 Å². The first kappa shape index (κ1) is 16.6. The van der Waals surface area contributed by atoms with Gasteiger partial charge < -0.3 is 19.9 Å². The lowest BCUT2D eigenvalue weighted by Gasteiger charge is -2.22. The molecule has 0 fully saturated rings. The molecule has 0 bridgehead atoms. The Bertz CT molecular complexity index is 720. The van der Waals surface area contributed by atoms with E-state index in [9.17, 15) is 9.90 Å². The van der Waals surface area contributed by atoms with Gasteiger partial charge in [0, 0.05) is 29.4 Å². The molecule has 1 heterocycles. The van der Waals surface area contributed by atoms with Crippen LogP contribution in [0.4, 0.5) is 5.69 Å². The van der Waals surface area contributed by atoms with Gasteiger partial charge in [0.25, 0.3) is 0 Å². The summed E-state index contributed by atoms with van der Waals surface area (Å²) in [7, 11) is 0. The Balaban J connectivity index is 1.97. The highest BCUT2D eigenvalue weighted by Gasteiger charge is 2.21. The lowest BCUT2D eigenvalue weighted by Crippen LogP contribution is -2.22. The smallest absolute Gasteiger partial charge is 0.195 e. The molecule has 3 rings (SSSR count). The molecule has 24 heavy (non-hydrogen) atoms. The SMILES string of the molecule is O=C(c1ccccc1)c1cc2c(cc1NCC(O)CCl)OCCO2. The van der Waals surface area contributed by atoms with Gasteiger partial charge in [-0.3, -0.25) is 4.79 Å². The number of benzene rings is 2. The number of ether oxygens (including phenoxy) is 2. The van der Waals surface area contributed by atoms with Gasteiger partial charge in [0.15, 0.2) is 17.3 Å². The lowest BCUT2D eigenvalue weighted by molar-refractivity contribution is 0.103. The van der Waals surface area contributed by atoms with Gasteiger partial charge in [0.1, 0.15) is 13.2 Å². The van der Waals surface area contributed by atoms with Crippen molar-refractivity contribution < 1.29 is 19.4 Å². The van der Waals surface area contributed by atoms with Crippen LogP contribution in [-0.2, 0) is 0 Å². The third kappa shape index (κ3) is 3.63. The summed E-state index contributed by atoms with van der Waals surface area (Å²) in [5.41, 5.74) is 1.62. The molecule has 0 amide bonds. The minimum atomic E-state index is -0.709. The van der Waals surface area contributed by atoms with Crippen molar-refractivity contribution >= 4 is 23.1 Å². The zero-order chi connectivity index (χ0) is 16.9. The van der Waals surface area contributed by atoms with Crippen molar-refractivity contribution in [2.45, 2.75) is 6.10 Å². The molecule has 1 unspecified atom stereocenters. The number of alkyl halides is 1. The number of aliphatic hydroxyl groups excluding tert-OH is 1. The van der Waals surface area contributed by atoms with E-state index in [2.05, 4.69) is 5.32 Å². The molecule has 0 spiro atoms. The number of hydrogen-bond donors (Lipinski definition) is 2. The number of carbonyl (C=O) groups excluding carboxylic acids is 1. The maximum Gasteiger partial charge on any atom is 0.195 e. The lowest BCUT2D eigenvalue weighted by atomic mass is 10.0. The van der Waals surface area contributed by atoms with Crippen molar-refractivity contribution in [2.75, 3.05) is 31.0 Å². The number of halogens is 1. The van der Waals surface area contributed by atoms with E-state index in [1.807, 2.05) is 18.2 Å². The minimum absolute atomic E-state index is 0.111. The van der Waals surface area contributed by atoms with E-state index >= 15 is 0 Å². The summed E-state index contributed by atoms with van der Waals surface area (Å²) < 4.78 is 11.1. The number of ketones is 1. The van der Waals surface area contributed by atoms with E-state index in [0.717, 1.165) is 0 Å². The Morgan fingerprint density at radius 2 is 1.83 bits per heavy atom. The third-order valence-electron chi connectivity index (χ3n) is 3.67. The highest BCUT2D eigenvalue weighted by molar-refractivity contribution is 6.18. The van der Waals surface area contributed by atoms with Gasteiger partial charge in [0.05, 0.1) is 12.0 Å². The van der Waals surface area contributed by atoms with Crippen LogP contribution < -0.4 is 14.8 Å². The molecule has 6 heteroatoms. The predicted octanol–water partition coefficient (Wildman–Crippen LogP) is 2.70. The quantitative estimate of drug-likeness (QED) is 0.621. The Morgan fingerprint density at radius 1 is 1.17 bits per heavy atom. The Morgan fingerprint density at radius 3 is 2.50 bits per heavy atom. The molecule has 0 aromatic heterocycles. The number of nitrogens with one attached hydrogen (secondary N) is 1. The number of rotatable bonds is 6. The third-order valence-corrected chi connectivity index (χ3v) is 4.03. The van der Waals surface area contributed by atoms with Crippen LogP contribution in [0.3, 0.4) is 0 Å². The van der Waals surface area contributed by atoms with Crippen LogP contribution >= 0.6 is 11.6 Å². The number of carbonyl (C=O) groups is 1. The van der Waals surface area contributed by atoms with Gasteiger partial charge in [-0.2, -0.15) is 0 Å². The molecule has 1 atom stereocenters. The summed E-state index contributed by atoms with van der Waals surface area (Å²) in [4.78, 5) is 12.8. The molecule has 0 saturated heterocycles. The molecule has 0 aliphatic carbocycles. The van der Waals surface area contributed by atoms with E-state index in [1.54, 1.807) is 24.3 Å². The first-order chi connectivity index (χ1) is 11.7. The van der Waals surface area contributed by atoms with Gasteiger partial charge in [-0.15, -0.1) is 11.6 Å². The average molecular weight is 348 g/mol. The summed E-state index contributed by atoms with van der Waals surface area (Å²) in [5, 5.41) is 12.7. The number of anilines is 1. The summed E-state index contributed by atoms with van der Waals surface area (Å²) in [6.45, 7) is 1.14. The normalized spacial score (nSPS) is 14.1. The standard InChI is InChI=1S/C18H18ClNO4/c19-10-13(21)11-20-15-9-17-16(23-6-7-24-17)8-14(15)18(22)12-4-2-1-3-5-12/h1-5,8-9,13,20-21H,6-7,10-11H2. The van der Waals surface area contributed by atoms with Gasteiger partial charge in [-0.25, -0.2) is 0 Å². The van der Waals surface area contributed by atoms with Gasteiger partial charge in [-0.1, -0.05) is 30.3 Å². The first-order valence-electron chi connectivity index (χ1n) is 7.70. The van der Waals surface area contributed by atoms with Crippen molar-refractivity contribution in [2.24, 2.45) is 0 Å². The van der Waals surface area contributed by atoms with Crippen LogP contribution in [-0.4, -0.2) is 42.6 Å². The average Bonchev–Trinajstić information content (AvgIpc) is 2.65. The molecular weight excluding hydrogens is 330 g/mol. The molecule has 2 aromatic rings. The second-order valence-electron chi connectivity index (χ2n) is 5.43. The van der Waals surface area contributed by atoms with Crippen LogP contribution in [0.1, 0.15) is 15.9 Å². The predicted molar refractivity (Wildman–Crippen MR) is 92.5 cm³/mol. The van der Waals surface area contributed by atoms with Crippen LogP contribution in [0.15, 0.2) is 42.5 Å². The molecule has 1 aliphatic rings. The van der Waals surface area contributed by atoms with E-state index in [4.69, 9.17) is 21.1 Å². The van der Waals surface area contributed by atoms with E-state index in [0.29, 0.717) is 41.5 Å². The fraction of sp³-hybridized carbons (Fsp3) is 0.278. The Kier molecular flexibility index (Phi) is 5.23. The second-order valence-corrected chi connectivity index (χ2v) is 5.73. The largest absolute Gasteiger partial charge is 0.486 e. The highest BCUT2D eigenvalue weighted by Crippen LogP contribution is 2.36. The monoisotopic (exact) mass is 347 g/mol. The molecule has 0 radical (unpaired) electrons. The minimum Gasteiger partial charge on any atom is -0.486 e. The fourth-order valence-electron chi connectivity index (χ4n) is 2.45. The van der Waals surface area contributed by atoms with Crippen molar-refractivity contribution in [3.63, 3.8) is 0 Å². The summed E-state index contributed by atoms with van der Waals surface area (Å²) in [6, 6.07) is 12.4. The van der Waals surface area contributed by atoms with Crippen LogP contribution in [0.25, 0.3) is 0 Å². The molecule has 1 aliphatic heterocycles. The number of hydrogen-bond acceptors (Lipinski definition) is 5. The summed E-state index contributed by atoms with van der Waals surface area (Å²) in [6.07, 6.45) is -0.709. The van der Waals surface area contributed by atoms with Crippen molar-refractivity contribution in [1.29, 1.82) is 0 Å². The van der Waals surface area contributed by atoms with Gasteiger partial charge in [-0.05, 0) is 6.07 Å². The summed E-state index contributed by atoms with van der Waals surface area (Å²) >= 11 is 5.63. The molecule has 2 N–H and O–H groups in total. The Hall–Kier alpha value is -2.24. The molecular formula is C18H18ClNO4. The van der Waals surface area contributed by atoms with Crippen LogP contribution in [0.2, 0.25) is 0 Å². The fourth-order valence-corrected chi connectivity index (χ4v) is 2.56. The highest BCUT2D eigenvalue weighted by atomic mass is 35.5. The van der Waals surface area contributed by atoms with Crippen LogP contribution in [0, 0.1) is 0 Å². The molecule has 0 saturated carbocycles. The number of aliphatic hydroxyl groups is 1. The molecule has 2 aromatic carbocycles. The Labute approximate surface area is 145 Å². The van der Waals surface area contributed by atoms with E-state index in [1.165, 1.54) is 0 Å². The maximum atomic E-state index is 12.8. The van der Waals surface area contributed by atoms with Crippen molar-refractivity contribution in [3.05, 3.63) is 53.6 Å².